The Balaban J connectivity index is 0.000000248. The number of aromatic nitrogens is 4. The number of likely N-dealkylation sites (N-methyl/N-ethyl adjacent to an activating group) is 1. The van der Waals surface area contributed by atoms with Crippen LogP contribution in [0.2, 0.25) is 0 Å². The number of aryl methyl sites for hydroxylation is 4. The molecule has 4 aromatic carbocycles. The van der Waals surface area contributed by atoms with Gasteiger partial charge in [-0.15, -0.1) is 0 Å². The van der Waals surface area contributed by atoms with Crippen molar-refractivity contribution in [3.8, 4) is 23.0 Å². The van der Waals surface area contributed by atoms with E-state index in [9.17, 15) is 112 Å². The molecule has 4 aromatic heterocycles. The average molecular weight is 2070 g/mol. The fraction of sp³-hybridized carbons (Fsp3) is 0.489. The second kappa shape index (κ2) is 54.5. The van der Waals surface area contributed by atoms with E-state index in [2.05, 4.69) is 19.9 Å². The molecule has 42 nitrogen and oxygen atoms in total. The molecule has 48 heteroatoms. The van der Waals surface area contributed by atoms with Crippen molar-refractivity contribution in [2.45, 2.75) is 113 Å². The highest BCUT2D eigenvalue weighted by molar-refractivity contribution is 7.59. The first-order chi connectivity index (χ1) is 66.2. The van der Waals surface area contributed by atoms with E-state index in [-0.39, 0.29) is 200 Å². The monoisotopic (exact) mass is 2070 g/mol. The zero-order valence-electron chi connectivity index (χ0n) is 79.8. The van der Waals surface area contributed by atoms with Crippen LogP contribution in [0.3, 0.4) is 0 Å². The molecule has 0 spiro atoms. The first-order valence-electron chi connectivity index (χ1n) is 45.7. The van der Waals surface area contributed by atoms with Crippen LogP contribution in [-0.2, 0) is 121 Å². The third-order valence-corrected chi connectivity index (χ3v) is 34.0. The highest BCUT2D eigenvalue weighted by atomic mass is 31.2. The van der Waals surface area contributed by atoms with Crippen molar-refractivity contribution in [2.75, 3.05) is 180 Å². The third-order valence-electron chi connectivity index (χ3n) is 23.9. The molecule has 0 amide bonds. The molecule has 0 saturated carbocycles. The summed E-state index contributed by atoms with van der Waals surface area (Å²) in [6, 6.07) is 39.9. The number of benzene rings is 4. The van der Waals surface area contributed by atoms with Gasteiger partial charge in [0, 0.05) is 200 Å². The predicted molar refractivity (Wildman–Crippen MR) is 528 cm³/mol. The Hall–Kier alpha value is -8.41. The molecule has 7 heterocycles. The van der Waals surface area contributed by atoms with E-state index in [1.165, 1.54) is 34.6 Å². The zero-order chi connectivity index (χ0) is 102. The number of aliphatic carboxylic acids is 3. The minimum atomic E-state index is -4.27. The van der Waals surface area contributed by atoms with Crippen LogP contribution < -0.4 is 0 Å². The molecular formula is C92H136N16O26P6. The van der Waals surface area contributed by atoms with E-state index < -0.39 is 152 Å². The van der Waals surface area contributed by atoms with Gasteiger partial charge in [0.05, 0.1) is 144 Å². The van der Waals surface area contributed by atoms with E-state index in [1.54, 1.807) is 59.1 Å². The molecule has 3 aliphatic rings. The van der Waals surface area contributed by atoms with Gasteiger partial charge in [-0.1, -0.05) is 128 Å². The van der Waals surface area contributed by atoms with E-state index in [0.717, 1.165) is 27.2 Å². The highest BCUT2D eigenvalue weighted by Gasteiger charge is 2.38. The molecule has 3 fully saturated rings. The molecule has 770 valence electrons. The van der Waals surface area contributed by atoms with Crippen molar-refractivity contribution in [2.24, 2.45) is 0 Å². The molecule has 140 heavy (non-hydrogen) atoms. The zero-order valence-corrected chi connectivity index (χ0v) is 85.1. The Morgan fingerprint density at radius 1 is 0.264 bits per heavy atom. The summed E-state index contributed by atoms with van der Waals surface area (Å²) in [5.41, 5.74) is 7.46. The van der Waals surface area contributed by atoms with Gasteiger partial charge in [0.25, 0.3) is 0 Å². The van der Waals surface area contributed by atoms with E-state index in [0.29, 0.717) is 58.9 Å². The minimum absolute atomic E-state index is 0.0302. The highest BCUT2D eigenvalue weighted by Crippen LogP contribution is 2.50. The van der Waals surface area contributed by atoms with Gasteiger partial charge in [-0.05, 0) is 56.5 Å². The normalized spacial score (nSPS) is 23.4. The van der Waals surface area contributed by atoms with Gasteiger partial charge in [-0.25, -0.2) is 0 Å². The smallest absolute Gasteiger partial charge is 0.317 e. The van der Waals surface area contributed by atoms with Crippen molar-refractivity contribution in [3.63, 3.8) is 0 Å². The van der Waals surface area contributed by atoms with Crippen LogP contribution in [0.4, 0.5) is 0 Å². The van der Waals surface area contributed by atoms with Gasteiger partial charge in [0.1, 0.15) is 23.0 Å². The maximum Gasteiger partial charge on any atom is 0.317 e. The van der Waals surface area contributed by atoms with Crippen molar-refractivity contribution in [3.05, 3.63) is 236 Å². The molecule has 17 N–H and O–H groups in total. The number of pyridine rings is 4. The molecule has 2 atom stereocenters. The van der Waals surface area contributed by atoms with Crippen molar-refractivity contribution in [1.82, 2.24) is 78.7 Å². The summed E-state index contributed by atoms with van der Waals surface area (Å²) in [4.78, 5) is 138. The van der Waals surface area contributed by atoms with E-state index in [4.69, 9.17) is 15.3 Å². The van der Waals surface area contributed by atoms with Crippen LogP contribution in [0.5, 0.6) is 23.0 Å². The minimum Gasteiger partial charge on any atom is -0.506 e. The van der Waals surface area contributed by atoms with Crippen molar-refractivity contribution in [1.29, 1.82) is 0 Å². The summed E-state index contributed by atoms with van der Waals surface area (Å²) in [5.74, 6) is -4.59. The maximum atomic E-state index is 14.6. The van der Waals surface area contributed by atoms with Crippen LogP contribution in [0.25, 0.3) is 0 Å². The number of aliphatic hydroxyl groups is 4. The van der Waals surface area contributed by atoms with Crippen molar-refractivity contribution >= 4 is 62.1 Å². The number of nitrogens with zero attached hydrogens (tertiary/aromatic N) is 16. The predicted octanol–water partition coefficient (Wildman–Crippen LogP) is 7.22. The lowest BCUT2D eigenvalue weighted by atomic mass is 10.1. The number of carboxylic acids is 3. The Bertz CT molecular complexity index is 5130. The fourth-order valence-electron chi connectivity index (χ4n) is 17.1. The van der Waals surface area contributed by atoms with Gasteiger partial charge in [-0.3, -0.25) is 121 Å². The quantitative estimate of drug-likeness (QED) is 0.0226. The lowest BCUT2D eigenvalue weighted by Crippen LogP contribution is -2.43. The number of carbonyl (C=O) groups is 3. The Labute approximate surface area is 816 Å². The third kappa shape index (κ3) is 38.6. The Morgan fingerprint density at radius 2 is 0.421 bits per heavy atom. The lowest BCUT2D eigenvalue weighted by Gasteiger charge is -2.35. The van der Waals surface area contributed by atoms with Gasteiger partial charge < -0.3 is 85.5 Å². The molecule has 0 radical (unpaired) electrons. The topological polar surface area (TPSA) is 588 Å². The largest absolute Gasteiger partial charge is 0.506 e. The van der Waals surface area contributed by atoms with Crippen LogP contribution in [0.15, 0.2) is 146 Å². The van der Waals surface area contributed by atoms with Gasteiger partial charge in [0.2, 0.25) is 44.2 Å². The maximum absolute atomic E-state index is 14.6. The SMILES string of the molecule is CCN1CCN(CC(=O)O)CP(=O)(O)CN(CC(=O)O)CCN(CC(=O)O)CP(=O)(O)C1.Cc1ncc(CO)c(CN2CCN(Cc3c(CO)cnc(C)c3O)CP(=O)(O)CN(Cc3c(CO)cnc(C)c3O)CCN(Cc3c(CO)cnc(C)c3O)CP(=O)(O)C2)c1O.O=P1(O)CN(Cc2ccccc2)CCN(Cc2ccccc2)CP(=O)(O)CN(Cc2ccccc2)CCN(Cc2ccccc2)C1. The number of hydrogen-bond acceptors (Lipinski definition) is 33. The van der Waals surface area contributed by atoms with Crippen LogP contribution in [0.1, 0.15) is 96.5 Å². The van der Waals surface area contributed by atoms with Gasteiger partial charge in [-0.2, -0.15) is 0 Å². The fourth-order valence-corrected chi connectivity index (χ4v) is 28.1. The number of rotatable bonds is 27. The molecule has 2 unspecified atom stereocenters. The second-order valence-corrected chi connectivity index (χ2v) is 49.7. The summed E-state index contributed by atoms with van der Waals surface area (Å²) in [6.45, 7) is 7.93. The second-order valence-electron chi connectivity index (χ2n) is 36.1. The molecule has 11 rings (SSSR count). The van der Waals surface area contributed by atoms with E-state index >= 15 is 0 Å². The standard InChI is InChI=1S/C40H58N8O12P2.C36H46N4O4P2.C16H32N4O10P2/c1-25-37(53)33(29(17-49)9-41-25)13-45-5-6-46(14-34-30(18-50)10-42-26(2)38(34)54)23-62(59,60)24-48(16-36-32(20-52)12-44-28(4)40(36)56)8-7-47(22-61(57,58)21-45)15-35-31(19-51)11-43-27(3)39(35)55;41-45(42)29-37(25-33-13-5-1-6-14-33)21-22-38(26-34-15-7-2-8-16-34)31-46(43,44)32-40(28-36-19-11-4-12-20-36)24-23-39(30-45)27-35-17-9-3-10-18-35;1-2-17-3-4-18(7-14(21)22)12-32(29,30)13-20(9-16(25)26)6-5-19(8-15(23)24)11-31(27,28)10-17/h9-12,49-56H,5-8,13-24H2,1-4H3,(H,57,58)(H,59,60);1-20H,21-32H2,(H,41,42)(H,43,44);2-13H2,1H3,(H,21,22)(H,23,24)(H,25,26)(H,27,28)(H,29,30). The number of hydrogen-bond donors (Lipinski definition) is 17. The summed E-state index contributed by atoms with van der Waals surface area (Å²) >= 11 is 0. The lowest BCUT2D eigenvalue weighted by molar-refractivity contribution is -0.139. The summed E-state index contributed by atoms with van der Waals surface area (Å²) < 4.78 is 82.8. The number of aromatic hydroxyl groups is 4. The molecule has 0 aliphatic carbocycles. The van der Waals surface area contributed by atoms with Gasteiger partial charge in [0.15, 0.2) is 0 Å². The molecule has 8 aromatic rings. The molecular weight excluding hydrogens is 1930 g/mol. The van der Waals surface area contributed by atoms with Crippen molar-refractivity contribution < 1.29 is 127 Å². The molecule has 0 bridgehead atoms. The Morgan fingerprint density at radius 3 is 0.593 bits per heavy atom. The van der Waals surface area contributed by atoms with Crippen LogP contribution >= 0.6 is 44.2 Å². The summed E-state index contributed by atoms with van der Waals surface area (Å²) in [5, 5.41) is 113. The van der Waals surface area contributed by atoms with Crippen LogP contribution in [-0.4, -0.2) is 362 Å². The number of aliphatic hydroxyl groups excluding tert-OH is 4. The molecule has 3 saturated heterocycles. The van der Waals surface area contributed by atoms with Gasteiger partial charge >= 0.3 is 17.9 Å². The van der Waals surface area contributed by atoms with Crippen LogP contribution in [0, 0.1) is 27.7 Å². The Kier molecular flexibility index (Phi) is 44.8. The average Bonchev–Trinajstić information content (AvgIpc) is 0.819. The first-order valence-corrected chi connectivity index (χ1v) is 57.8. The molecule has 3 aliphatic heterocycles. The van der Waals surface area contributed by atoms with E-state index in [1.807, 2.05) is 141 Å². The first kappa shape index (κ1) is 115. The summed E-state index contributed by atoms with van der Waals surface area (Å²) in [7, 11) is -23.7. The summed E-state index contributed by atoms with van der Waals surface area (Å²) in [6.07, 6.45) is 2.11. The number of carboxylic acid groups (broad SMARTS) is 3.